The summed E-state index contributed by atoms with van der Waals surface area (Å²) in [6, 6.07) is 0. The lowest BCUT2D eigenvalue weighted by Gasteiger charge is -2.09. The van der Waals surface area contributed by atoms with Crippen molar-refractivity contribution in [1.29, 1.82) is 0 Å². The van der Waals surface area contributed by atoms with Gasteiger partial charge in [0.1, 0.15) is 0 Å². The van der Waals surface area contributed by atoms with Crippen molar-refractivity contribution in [2.75, 3.05) is 6.54 Å². The molecule has 1 unspecified atom stereocenters. The summed E-state index contributed by atoms with van der Waals surface area (Å²) in [6.45, 7) is 2.20. The second-order valence-electron chi connectivity index (χ2n) is 4.06. The molecule has 0 aromatic rings. The van der Waals surface area contributed by atoms with E-state index in [1.165, 1.54) is 12.8 Å². The van der Waals surface area contributed by atoms with Crippen LogP contribution in [0, 0.1) is 10.1 Å². The van der Waals surface area contributed by atoms with Gasteiger partial charge in [0, 0.05) is 11.3 Å². The van der Waals surface area contributed by atoms with Gasteiger partial charge < -0.3 is 5.11 Å². The molecule has 0 amide bonds. The van der Waals surface area contributed by atoms with Gasteiger partial charge in [-0.15, -0.1) is 0 Å². The molecule has 0 spiro atoms. The topological polar surface area (TPSA) is 63.4 Å². The quantitative estimate of drug-likeness (QED) is 0.347. The molecule has 0 aliphatic carbocycles. The van der Waals surface area contributed by atoms with Crippen LogP contribution in [0.3, 0.4) is 0 Å². The van der Waals surface area contributed by atoms with Crippen LogP contribution in [0.15, 0.2) is 0 Å². The van der Waals surface area contributed by atoms with Crippen molar-refractivity contribution >= 4 is 0 Å². The summed E-state index contributed by atoms with van der Waals surface area (Å²) in [6.07, 6.45) is 7.30. The van der Waals surface area contributed by atoms with E-state index in [9.17, 15) is 15.2 Å². The lowest BCUT2D eigenvalue weighted by atomic mass is 10.0. The van der Waals surface area contributed by atoms with Crippen LogP contribution in [0.5, 0.6) is 0 Å². The molecular formula is C11H23NO3. The normalized spacial score (nSPS) is 12.7. The molecule has 0 bridgehead atoms. The van der Waals surface area contributed by atoms with E-state index in [1.807, 2.05) is 0 Å². The first-order chi connectivity index (χ1) is 7.16. The summed E-state index contributed by atoms with van der Waals surface area (Å²) in [7, 11) is 0. The van der Waals surface area contributed by atoms with Gasteiger partial charge in [-0.3, -0.25) is 10.1 Å². The van der Waals surface area contributed by atoms with Gasteiger partial charge in [0.15, 0.2) is 0 Å². The Balaban J connectivity index is 3.16. The number of hydrogen-bond donors (Lipinski definition) is 1. The van der Waals surface area contributed by atoms with Crippen LogP contribution in [0.2, 0.25) is 0 Å². The molecule has 0 heterocycles. The van der Waals surface area contributed by atoms with Gasteiger partial charge in [0.2, 0.25) is 6.54 Å². The van der Waals surface area contributed by atoms with E-state index in [2.05, 4.69) is 6.92 Å². The molecule has 1 N–H and O–H groups in total. The largest absolute Gasteiger partial charge is 0.393 e. The molecule has 90 valence electrons. The Morgan fingerprint density at radius 1 is 1.13 bits per heavy atom. The maximum absolute atomic E-state index is 10.0. The molecule has 1 atom stereocenters. The third-order valence-corrected chi connectivity index (χ3v) is 2.52. The SMILES string of the molecule is CCCCCC(O)CCCCC[N+](=O)[O-]. The molecular weight excluding hydrogens is 194 g/mol. The van der Waals surface area contributed by atoms with Crippen molar-refractivity contribution in [3.63, 3.8) is 0 Å². The van der Waals surface area contributed by atoms with Gasteiger partial charge in [-0.1, -0.05) is 32.6 Å². The van der Waals surface area contributed by atoms with Crippen LogP contribution in [0.4, 0.5) is 0 Å². The maximum atomic E-state index is 10.0. The Labute approximate surface area is 91.8 Å². The standard InChI is InChI=1S/C11H23NO3/c1-2-3-5-8-11(13)9-6-4-7-10-12(14)15/h11,13H,2-10H2,1H3. The highest BCUT2D eigenvalue weighted by atomic mass is 16.6. The van der Waals surface area contributed by atoms with Gasteiger partial charge >= 0.3 is 0 Å². The van der Waals surface area contributed by atoms with Gasteiger partial charge in [-0.25, -0.2) is 0 Å². The molecule has 0 aromatic heterocycles. The zero-order valence-corrected chi connectivity index (χ0v) is 9.65. The van der Waals surface area contributed by atoms with Crippen molar-refractivity contribution in [3.05, 3.63) is 10.1 Å². The van der Waals surface area contributed by atoms with Gasteiger partial charge in [0.05, 0.1) is 6.10 Å². The molecule has 0 saturated carbocycles. The predicted molar refractivity (Wildman–Crippen MR) is 60.5 cm³/mol. The Morgan fingerprint density at radius 2 is 1.73 bits per heavy atom. The van der Waals surface area contributed by atoms with Crippen LogP contribution in [-0.2, 0) is 0 Å². The molecule has 0 aliphatic rings. The van der Waals surface area contributed by atoms with Crippen LogP contribution in [-0.4, -0.2) is 22.7 Å². The third-order valence-electron chi connectivity index (χ3n) is 2.52. The molecule has 0 rings (SSSR count). The minimum Gasteiger partial charge on any atom is -0.393 e. The minimum absolute atomic E-state index is 0.0614. The third kappa shape index (κ3) is 11.3. The smallest absolute Gasteiger partial charge is 0.203 e. The van der Waals surface area contributed by atoms with Crippen LogP contribution in [0.1, 0.15) is 58.3 Å². The summed E-state index contributed by atoms with van der Waals surface area (Å²) >= 11 is 0. The summed E-state index contributed by atoms with van der Waals surface area (Å²) in [5.41, 5.74) is 0. The van der Waals surface area contributed by atoms with Crippen molar-refractivity contribution < 1.29 is 10.0 Å². The molecule has 4 nitrogen and oxygen atoms in total. The van der Waals surface area contributed by atoms with E-state index >= 15 is 0 Å². The molecule has 0 radical (unpaired) electrons. The zero-order valence-electron chi connectivity index (χ0n) is 9.65. The summed E-state index contributed by atoms with van der Waals surface area (Å²) < 4.78 is 0. The van der Waals surface area contributed by atoms with Gasteiger partial charge in [0.25, 0.3) is 0 Å². The lowest BCUT2D eigenvalue weighted by molar-refractivity contribution is -0.480. The number of nitro groups is 1. The fraction of sp³-hybridized carbons (Fsp3) is 1.00. The molecule has 0 saturated heterocycles. The fourth-order valence-corrected chi connectivity index (χ4v) is 1.57. The van der Waals surface area contributed by atoms with Crippen LogP contribution >= 0.6 is 0 Å². The van der Waals surface area contributed by atoms with E-state index in [0.717, 1.165) is 32.1 Å². The second-order valence-corrected chi connectivity index (χ2v) is 4.06. The first-order valence-corrected chi connectivity index (χ1v) is 5.96. The second kappa shape index (κ2) is 9.90. The predicted octanol–water partition coefficient (Wildman–Crippen LogP) is 2.76. The van der Waals surface area contributed by atoms with Crippen LogP contribution < -0.4 is 0 Å². The molecule has 15 heavy (non-hydrogen) atoms. The maximum Gasteiger partial charge on any atom is 0.203 e. The molecule has 4 heteroatoms. The number of aliphatic hydroxyl groups excluding tert-OH is 1. The number of rotatable bonds is 10. The monoisotopic (exact) mass is 217 g/mol. The summed E-state index contributed by atoms with van der Waals surface area (Å²) in [4.78, 5) is 9.75. The highest BCUT2D eigenvalue weighted by Gasteiger charge is 2.04. The Bertz CT molecular complexity index is 162. The molecule has 0 aliphatic heterocycles. The van der Waals surface area contributed by atoms with Crippen molar-refractivity contribution in [2.45, 2.75) is 64.4 Å². The number of nitrogens with zero attached hydrogens (tertiary/aromatic N) is 1. The highest BCUT2D eigenvalue weighted by molar-refractivity contribution is 4.56. The van der Waals surface area contributed by atoms with Gasteiger partial charge in [-0.05, 0) is 19.3 Å². The number of hydrogen-bond acceptors (Lipinski definition) is 3. The number of unbranched alkanes of at least 4 members (excludes halogenated alkanes) is 4. The summed E-state index contributed by atoms with van der Waals surface area (Å²) in [5.74, 6) is 0. The van der Waals surface area contributed by atoms with E-state index in [0.29, 0.717) is 6.42 Å². The Morgan fingerprint density at radius 3 is 2.27 bits per heavy atom. The highest BCUT2D eigenvalue weighted by Crippen LogP contribution is 2.10. The average molecular weight is 217 g/mol. The molecule has 0 fully saturated rings. The van der Waals surface area contributed by atoms with E-state index in [1.54, 1.807) is 0 Å². The fourth-order valence-electron chi connectivity index (χ4n) is 1.57. The minimum atomic E-state index is -0.280. The number of aliphatic hydroxyl groups is 1. The summed E-state index contributed by atoms with van der Waals surface area (Å²) in [5, 5.41) is 19.6. The lowest BCUT2D eigenvalue weighted by Crippen LogP contribution is -2.06. The van der Waals surface area contributed by atoms with E-state index < -0.39 is 0 Å². The molecule has 0 aromatic carbocycles. The van der Waals surface area contributed by atoms with Crippen molar-refractivity contribution in [3.8, 4) is 0 Å². The average Bonchev–Trinajstić information content (AvgIpc) is 2.17. The first-order valence-electron chi connectivity index (χ1n) is 5.96. The van der Waals surface area contributed by atoms with Crippen molar-refractivity contribution in [2.24, 2.45) is 0 Å². The van der Waals surface area contributed by atoms with Gasteiger partial charge in [-0.2, -0.15) is 0 Å². The van der Waals surface area contributed by atoms with Crippen LogP contribution in [0.25, 0.3) is 0 Å². The van der Waals surface area contributed by atoms with E-state index in [4.69, 9.17) is 0 Å². The first kappa shape index (κ1) is 14.4. The van der Waals surface area contributed by atoms with Crippen molar-refractivity contribution in [1.82, 2.24) is 0 Å². The Kier molecular flexibility index (Phi) is 9.48. The zero-order chi connectivity index (χ0) is 11.5. The van der Waals surface area contributed by atoms with E-state index in [-0.39, 0.29) is 17.6 Å². The Hall–Kier alpha value is -0.640.